The predicted molar refractivity (Wildman–Crippen MR) is 73.8 cm³/mol. The van der Waals surface area contributed by atoms with E-state index < -0.39 is 0 Å². The fourth-order valence-electron chi connectivity index (χ4n) is 2.26. The summed E-state index contributed by atoms with van der Waals surface area (Å²) in [6.45, 7) is 3.84. The second-order valence-electron chi connectivity index (χ2n) is 4.83. The zero-order valence-corrected chi connectivity index (χ0v) is 10.8. The number of amides is 2. The summed E-state index contributed by atoms with van der Waals surface area (Å²) in [6, 6.07) is 8.24. The highest BCUT2D eigenvalue weighted by Crippen LogP contribution is 2.09. The highest BCUT2D eigenvalue weighted by molar-refractivity contribution is 5.89. The molecule has 1 unspecified atom stereocenters. The van der Waals surface area contributed by atoms with Gasteiger partial charge in [-0.1, -0.05) is 12.1 Å². The molecule has 4 nitrogen and oxygen atoms in total. The van der Waals surface area contributed by atoms with Crippen LogP contribution in [0.15, 0.2) is 24.3 Å². The molecule has 1 aliphatic rings. The monoisotopic (exact) mass is 247 g/mol. The van der Waals surface area contributed by atoms with E-state index in [2.05, 4.69) is 16.0 Å². The standard InChI is InChI=1S/C14H21N3O/c1-11-4-2-5-13(10-11)17-14(18)16-9-7-12-6-3-8-15-12/h2,4-5,10,12,15H,3,6-9H2,1H3,(H2,16,17,18). The van der Waals surface area contributed by atoms with Crippen LogP contribution in [-0.2, 0) is 0 Å². The van der Waals surface area contributed by atoms with Gasteiger partial charge in [0.05, 0.1) is 0 Å². The maximum atomic E-state index is 11.7. The van der Waals surface area contributed by atoms with Crippen LogP contribution >= 0.6 is 0 Å². The van der Waals surface area contributed by atoms with Crippen LogP contribution in [0.3, 0.4) is 0 Å². The third-order valence-corrected chi connectivity index (χ3v) is 3.22. The van der Waals surface area contributed by atoms with E-state index in [1.54, 1.807) is 0 Å². The van der Waals surface area contributed by atoms with Crippen molar-refractivity contribution >= 4 is 11.7 Å². The fourth-order valence-corrected chi connectivity index (χ4v) is 2.26. The second kappa shape index (κ2) is 6.40. The van der Waals surface area contributed by atoms with Crippen LogP contribution in [0.2, 0.25) is 0 Å². The molecular formula is C14H21N3O. The van der Waals surface area contributed by atoms with E-state index >= 15 is 0 Å². The number of nitrogens with one attached hydrogen (secondary N) is 3. The first kappa shape index (κ1) is 12.9. The molecule has 1 atom stereocenters. The molecule has 0 saturated carbocycles. The minimum absolute atomic E-state index is 0.126. The number of hydrogen-bond donors (Lipinski definition) is 3. The van der Waals surface area contributed by atoms with Gasteiger partial charge in [-0.25, -0.2) is 4.79 Å². The Morgan fingerprint density at radius 3 is 3.11 bits per heavy atom. The first-order chi connectivity index (χ1) is 8.74. The molecule has 1 aliphatic heterocycles. The molecule has 1 aromatic carbocycles. The van der Waals surface area contributed by atoms with Crippen LogP contribution in [0.1, 0.15) is 24.8 Å². The van der Waals surface area contributed by atoms with E-state index in [9.17, 15) is 4.79 Å². The Labute approximate surface area is 108 Å². The van der Waals surface area contributed by atoms with Gasteiger partial charge in [-0.15, -0.1) is 0 Å². The topological polar surface area (TPSA) is 53.2 Å². The number of urea groups is 1. The molecule has 0 radical (unpaired) electrons. The van der Waals surface area contributed by atoms with Crippen LogP contribution in [0.5, 0.6) is 0 Å². The van der Waals surface area contributed by atoms with E-state index in [-0.39, 0.29) is 6.03 Å². The fraction of sp³-hybridized carbons (Fsp3) is 0.500. The van der Waals surface area contributed by atoms with E-state index in [1.807, 2.05) is 31.2 Å². The van der Waals surface area contributed by atoms with Crippen molar-refractivity contribution in [3.8, 4) is 0 Å². The van der Waals surface area contributed by atoms with Gasteiger partial charge in [0.1, 0.15) is 0 Å². The largest absolute Gasteiger partial charge is 0.338 e. The molecule has 0 aromatic heterocycles. The first-order valence-corrected chi connectivity index (χ1v) is 6.59. The zero-order valence-electron chi connectivity index (χ0n) is 10.8. The summed E-state index contributed by atoms with van der Waals surface area (Å²) in [4.78, 5) is 11.7. The molecular weight excluding hydrogens is 226 g/mol. The minimum Gasteiger partial charge on any atom is -0.338 e. The van der Waals surface area contributed by atoms with E-state index in [0.717, 1.165) is 30.8 Å². The summed E-state index contributed by atoms with van der Waals surface area (Å²) >= 11 is 0. The molecule has 2 rings (SSSR count). The molecule has 0 bridgehead atoms. The van der Waals surface area contributed by atoms with Crippen molar-refractivity contribution in [2.75, 3.05) is 18.4 Å². The third-order valence-electron chi connectivity index (χ3n) is 3.22. The van der Waals surface area contributed by atoms with Crippen molar-refractivity contribution in [3.63, 3.8) is 0 Å². The maximum Gasteiger partial charge on any atom is 0.319 e. The van der Waals surface area contributed by atoms with Crippen molar-refractivity contribution in [2.24, 2.45) is 0 Å². The number of benzene rings is 1. The Kier molecular flexibility index (Phi) is 4.59. The highest BCUT2D eigenvalue weighted by atomic mass is 16.2. The number of rotatable bonds is 4. The summed E-state index contributed by atoms with van der Waals surface area (Å²) in [5.74, 6) is 0. The van der Waals surface area contributed by atoms with Crippen LogP contribution in [0.4, 0.5) is 10.5 Å². The van der Waals surface area contributed by atoms with Crippen LogP contribution < -0.4 is 16.0 Å². The van der Waals surface area contributed by atoms with E-state index in [0.29, 0.717) is 6.04 Å². The van der Waals surface area contributed by atoms with Gasteiger partial charge in [-0.2, -0.15) is 0 Å². The average molecular weight is 247 g/mol. The third kappa shape index (κ3) is 4.04. The lowest BCUT2D eigenvalue weighted by Gasteiger charge is -2.11. The summed E-state index contributed by atoms with van der Waals surface area (Å²) < 4.78 is 0. The first-order valence-electron chi connectivity index (χ1n) is 6.59. The minimum atomic E-state index is -0.126. The van der Waals surface area contributed by atoms with Gasteiger partial charge in [-0.3, -0.25) is 0 Å². The van der Waals surface area contributed by atoms with E-state index in [1.165, 1.54) is 12.8 Å². The molecule has 1 saturated heterocycles. The Morgan fingerprint density at radius 2 is 2.39 bits per heavy atom. The SMILES string of the molecule is Cc1cccc(NC(=O)NCCC2CCCN2)c1. The van der Waals surface area contributed by atoms with Crippen molar-refractivity contribution in [3.05, 3.63) is 29.8 Å². The number of carbonyl (C=O) groups is 1. The quantitative estimate of drug-likeness (QED) is 0.764. The second-order valence-corrected chi connectivity index (χ2v) is 4.83. The van der Waals surface area contributed by atoms with Crippen LogP contribution in [0.25, 0.3) is 0 Å². The Hall–Kier alpha value is -1.55. The van der Waals surface area contributed by atoms with Gasteiger partial charge in [0.25, 0.3) is 0 Å². The number of aryl methyl sites for hydroxylation is 1. The van der Waals surface area contributed by atoms with Crippen molar-refractivity contribution in [2.45, 2.75) is 32.2 Å². The lowest BCUT2D eigenvalue weighted by molar-refractivity contribution is 0.251. The molecule has 2 amide bonds. The van der Waals surface area contributed by atoms with Crippen molar-refractivity contribution in [1.29, 1.82) is 0 Å². The van der Waals surface area contributed by atoms with E-state index in [4.69, 9.17) is 0 Å². The maximum absolute atomic E-state index is 11.7. The Morgan fingerprint density at radius 1 is 1.50 bits per heavy atom. The Bertz CT molecular complexity index is 400. The molecule has 1 fully saturated rings. The van der Waals surface area contributed by atoms with Crippen LogP contribution in [0, 0.1) is 6.92 Å². The normalized spacial score (nSPS) is 18.6. The van der Waals surface area contributed by atoms with Crippen molar-refractivity contribution < 1.29 is 4.79 Å². The number of hydrogen-bond acceptors (Lipinski definition) is 2. The van der Waals surface area contributed by atoms with Gasteiger partial charge >= 0.3 is 6.03 Å². The number of carbonyl (C=O) groups excluding carboxylic acids is 1. The summed E-state index contributed by atoms with van der Waals surface area (Å²) in [5.41, 5.74) is 1.98. The van der Waals surface area contributed by atoms with Gasteiger partial charge < -0.3 is 16.0 Å². The molecule has 1 heterocycles. The van der Waals surface area contributed by atoms with Gasteiger partial charge in [0.15, 0.2) is 0 Å². The molecule has 0 spiro atoms. The molecule has 3 N–H and O–H groups in total. The molecule has 1 aromatic rings. The smallest absolute Gasteiger partial charge is 0.319 e. The summed E-state index contributed by atoms with van der Waals surface area (Å²) in [6.07, 6.45) is 3.47. The predicted octanol–water partition coefficient (Wildman–Crippen LogP) is 2.26. The lowest BCUT2D eigenvalue weighted by Crippen LogP contribution is -2.33. The van der Waals surface area contributed by atoms with Gasteiger partial charge in [0, 0.05) is 18.3 Å². The average Bonchev–Trinajstić information content (AvgIpc) is 2.82. The van der Waals surface area contributed by atoms with Gasteiger partial charge in [0.2, 0.25) is 0 Å². The Balaban J connectivity index is 1.68. The molecule has 18 heavy (non-hydrogen) atoms. The van der Waals surface area contributed by atoms with Crippen molar-refractivity contribution in [1.82, 2.24) is 10.6 Å². The molecule has 4 heteroatoms. The number of anilines is 1. The zero-order chi connectivity index (χ0) is 12.8. The molecule has 98 valence electrons. The molecule has 0 aliphatic carbocycles. The van der Waals surface area contributed by atoms with Crippen LogP contribution in [-0.4, -0.2) is 25.2 Å². The highest BCUT2D eigenvalue weighted by Gasteiger charge is 2.13. The summed E-state index contributed by atoms with van der Waals surface area (Å²) in [5, 5.41) is 9.14. The lowest BCUT2D eigenvalue weighted by atomic mass is 10.1. The summed E-state index contributed by atoms with van der Waals surface area (Å²) in [7, 11) is 0. The van der Waals surface area contributed by atoms with Gasteiger partial charge in [-0.05, 0) is 50.4 Å².